The first kappa shape index (κ1) is 13.9. The van der Waals surface area contributed by atoms with Crippen molar-refractivity contribution < 1.29 is 4.39 Å². The minimum atomic E-state index is -0.389. The molecular formula is C12H18FN3S. The molecule has 0 saturated heterocycles. The van der Waals surface area contributed by atoms with E-state index in [1.165, 1.54) is 6.07 Å². The highest BCUT2D eigenvalue weighted by Crippen LogP contribution is 2.14. The standard InChI is InChI=1S/C12H18FN3S/c1-8(16(2)3)7-15-9-4-5-10(12(14)17)11(13)6-9/h4-6,8,15H,7H2,1-3H3,(H2,14,17). The highest BCUT2D eigenvalue weighted by atomic mass is 32.1. The van der Waals surface area contributed by atoms with Gasteiger partial charge in [0.15, 0.2) is 0 Å². The molecule has 0 amide bonds. The normalized spacial score (nSPS) is 12.5. The van der Waals surface area contributed by atoms with Crippen molar-refractivity contribution in [1.29, 1.82) is 0 Å². The number of anilines is 1. The second-order valence-corrected chi connectivity index (χ2v) is 4.69. The molecule has 17 heavy (non-hydrogen) atoms. The van der Waals surface area contributed by atoms with Crippen LogP contribution in [0.3, 0.4) is 0 Å². The van der Waals surface area contributed by atoms with Crippen molar-refractivity contribution >= 4 is 22.9 Å². The molecule has 1 atom stereocenters. The van der Waals surface area contributed by atoms with E-state index in [0.29, 0.717) is 6.04 Å². The van der Waals surface area contributed by atoms with Crippen LogP contribution in [0.25, 0.3) is 0 Å². The lowest BCUT2D eigenvalue weighted by atomic mass is 10.2. The summed E-state index contributed by atoms with van der Waals surface area (Å²) in [6.45, 7) is 2.84. The molecule has 0 saturated carbocycles. The number of thiocarbonyl (C=S) groups is 1. The molecule has 1 rings (SSSR count). The summed E-state index contributed by atoms with van der Waals surface area (Å²) in [5.41, 5.74) is 6.41. The van der Waals surface area contributed by atoms with Crippen LogP contribution < -0.4 is 11.1 Å². The zero-order valence-electron chi connectivity index (χ0n) is 10.3. The number of nitrogens with one attached hydrogen (secondary N) is 1. The molecule has 94 valence electrons. The molecule has 0 heterocycles. The monoisotopic (exact) mass is 255 g/mol. The molecule has 0 aliphatic heterocycles. The van der Waals surface area contributed by atoms with Gasteiger partial charge in [-0.2, -0.15) is 0 Å². The van der Waals surface area contributed by atoms with E-state index in [1.807, 2.05) is 14.1 Å². The van der Waals surface area contributed by atoms with Crippen LogP contribution in [-0.4, -0.2) is 36.6 Å². The van der Waals surface area contributed by atoms with Crippen molar-refractivity contribution in [2.75, 3.05) is 26.0 Å². The first-order valence-corrected chi connectivity index (χ1v) is 5.82. The number of nitrogens with zero attached hydrogens (tertiary/aromatic N) is 1. The summed E-state index contributed by atoms with van der Waals surface area (Å²) < 4.78 is 13.6. The van der Waals surface area contributed by atoms with Crippen molar-refractivity contribution in [2.24, 2.45) is 5.73 Å². The first-order chi connectivity index (χ1) is 7.91. The van der Waals surface area contributed by atoms with E-state index in [9.17, 15) is 4.39 Å². The van der Waals surface area contributed by atoms with Gasteiger partial charge in [0, 0.05) is 23.8 Å². The van der Waals surface area contributed by atoms with E-state index in [4.69, 9.17) is 18.0 Å². The van der Waals surface area contributed by atoms with Gasteiger partial charge >= 0.3 is 0 Å². The number of benzene rings is 1. The van der Waals surface area contributed by atoms with Crippen molar-refractivity contribution in [2.45, 2.75) is 13.0 Å². The zero-order chi connectivity index (χ0) is 13.0. The molecule has 0 aliphatic rings. The maximum Gasteiger partial charge on any atom is 0.135 e. The minimum Gasteiger partial charge on any atom is -0.389 e. The average Bonchev–Trinajstić information content (AvgIpc) is 2.25. The van der Waals surface area contributed by atoms with Crippen LogP contribution in [-0.2, 0) is 0 Å². The Morgan fingerprint density at radius 3 is 2.65 bits per heavy atom. The number of likely N-dealkylation sites (N-methyl/N-ethyl adjacent to an activating group) is 1. The third-order valence-corrected chi connectivity index (χ3v) is 2.94. The summed E-state index contributed by atoms with van der Waals surface area (Å²) in [6.07, 6.45) is 0. The molecule has 1 unspecified atom stereocenters. The van der Waals surface area contributed by atoms with E-state index < -0.39 is 0 Å². The molecule has 0 aromatic heterocycles. The van der Waals surface area contributed by atoms with Gasteiger partial charge in [-0.05, 0) is 39.2 Å². The van der Waals surface area contributed by atoms with E-state index in [0.717, 1.165) is 12.2 Å². The van der Waals surface area contributed by atoms with Crippen molar-refractivity contribution in [3.05, 3.63) is 29.6 Å². The van der Waals surface area contributed by atoms with Gasteiger partial charge < -0.3 is 16.0 Å². The van der Waals surface area contributed by atoms with Gasteiger partial charge in [-0.15, -0.1) is 0 Å². The summed E-state index contributed by atoms with van der Waals surface area (Å²) >= 11 is 4.74. The van der Waals surface area contributed by atoms with Crippen LogP contribution in [0.4, 0.5) is 10.1 Å². The van der Waals surface area contributed by atoms with Gasteiger partial charge in [0.25, 0.3) is 0 Å². The van der Waals surface area contributed by atoms with Crippen LogP contribution in [0, 0.1) is 5.82 Å². The second kappa shape index (κ2) is 5.93. The molecule has 0 bridgehead atoms. The Balaban J connectivity index is 2.68. The predicted molar refractivity (Wildman–Crippen MR) is 73.9 cm³/mol. The summed E-state index contributed by atoms with van der Waals surface area (Å²) in [7, 11) is 4.01. The summed E-state index contributed by atoms with van der Waals surface area (Å²) in [6, 6.07) is 5.16. The highest BCUT2D eigenvalue weighted by Gasteiger charge is 2.07. The summed E-state index contributed by atoms with van der Waals surface area (Å²) in [4.78, 5) is 2.17. The predicted octanol–water partition coefficient (Wildman–Crippen LogP) is 1.82. The third-order valence-electron chi connectivity index (χ3n) is 2.72. The quantitative estimate of drug-likeness (QED) is 0.788. The summed E-state index contributed by atoms with van der Waals surface area (Å²) in [5.74, 6) is -0.389. The number of hydrogen-bond acceptors (Lipinski definition) is 3. The Bertz CT molecular complexity index is 407. The smallest absolute Gasteiger partial charge is 0.135 e. The van der Waals surface area contributed by atoms with E-state index in [2.05, 4.69) is 17.1 Å². The van der Waals surface area contributed by atoms with Crippen molar-refractivity contribution in [3.8, 4) is 0 Å². The maximum atomic E-state index is 13.6. The number of rotatable bonds is 5. The average molecular weight is 255 g/mol. The number of halogens is 1. The molecular weight excluding hydrogens is 237 g/mol. The van der Waals surface area contributed by atoms with Gasteiger partial charge in [-0.3, -0.25) is 0 Å². The third kappa shape index (κ3) is 3.94. The van der Waals surface area contributed by atoms with E-state index in [1.54, 1.807) is 12.1 Å². The fourth-order valence-electron chi connectivity index (χ4n) is 1.27. The molecule has 0 aliphatic carbocycles. The molecule has 0 spiro atoms. The van der Waals surface area contributed by atoms with Gasteiger partial charge in [-0.1, -0.05) is 12.2 Å². The lowest BCUT2D eigenvalue weighted by Crippen LogP contribution is -2.31. The lowest BCUT2D eigenvalue weighted by Gasteiger charge is -2.20. The lowest BCUT2D eigenvalue weighted by molar-refractivity contribution is 0.326. The van der Waals surface area contributed by atoms with Crippen LogP contribution in [0.5, 0.6) is 0 Å². The van der Waals surface area contributed by atoms with E-state index >= 15 is 0 Å². The van der Waals surface area contributed by atoms with Gasteiger partial charge in [0.2, 0.25) is 0 Å². The largest absolute Gasteiger partial charge is 0.389 e. The molecule has 0 fully saturated rings. The topological polar surface area (TPSA) is 41.3 Å². The fourth-order valence-corrected chi connectivity index (χ4v) is 1.44. The molecule has 3 N–H and O–H groups in total. The Morgan fingerprint density at radius 1 is 1.53 bits per heavy atom. The molecule has 5 heteroatoms. The second-order valence-electron chi connectivity index (χ2n) is 4.25. The van der Waals surface area contributed by atoms with Crippen LogP contribution in [0.15, 0.2) is 18.2 Å². The number of nitrogens with two attached hydrogens (primary N) is 1. The Hall–Kier alpha value is -1.20. The van der Waals surface area contributed by atoms with E-state index in [-0.39, 0.29) is 16.4 Å². The maximum absolute atomic E-state index is 13.6. The Labute approximate surface area is 107 Å². The first-order valence-electron chi connectivity index (χ1n) is 5.41. The van der Waals surface area contributed by atoms with Crippen molar-refractivity contribution in [1.82, 2.24) is 4.90 Å². The Kier molecular flexibility index (Phi) is 4.84. The fraction of sp³-hybridized carbons (Fsp3) is 0.417. The SMILES string of the molecule is CC(CNc1ccc(C(N)=S)c(F)c1)N(C)C. The van der Waals surface area contributed by atoms with Gasteiger partial charge in [-0.25, -0.2) is 4.39 Å². The van der Waals surface area contributed by atoms with Crippen LogP contribution in [0.1, 0.15) is 12.5 Å². The number of hydrogen-bond donors (Lipinski definition) is 2. The molecule has 1 aromatic carbocycles. The highest BCUT2D eigenvalue weighted by molar-refractivity contribution is 7.80. The van der Waals surface area contributed by atoms with Crippen molar-refractivity contribution in [3.63, 3.8) is 0 Å². The Morgan fingerprint density at radius 2 is 2.18 bits per heavy atom. The van der Waals surface area contributed by atoms with Crippen LogP contribution >= 0.6 is 12.2 Å². The molecule has 3 nitrogen and oxygen atoms in total. The molecule has 0 radical (unpaired) electrons. The summed E-state index contributed by atoms with van der Waals surface area (Å²) in [5, 5.41) is 3.17. The zero-order valence-corrected chi connectivity index (χ0v) is 11.1. The van der Waals surface area contributed by atoms with Gasteiger partial charge in [0.05, 0.1) is 0 Å². The van der Waals surface area contributed by atoms with Gasteiger partial charge in [0.1, 0.15) is 10.8 Å². The minimum absolute atomic E-state index is 0.0794. The molecule has 1 aromatic rings. The van der Waals surface area contributed by atoms with Crippen LogP contribution in [0.2, 0.25) is 0 Å².